The number of carbonyl (C=O) groups excluding carboxylic acids is 2. The number of ether oxygens (including phenoxy) is 1. The molecule has 7 nitrogen and oxygen atoms in total. The number of amides is 2. The zero-order valence-corrected chi connectivity index (χ0v) is 19.5. The van der Waals surface area contributed by atoms with Crippen molar-refractivity contribution in [2.45, 2.75) is 69.4 Å². The molecule has 1 fully saturated rings. The first-order chi connectivity index (χ1) is 16.4. The predicted octanol–water partition coefficient (Wildman–Crippen LogP) is 4.60. The summed E-state index contributed by atoms with van der Waals surface area (Å²) in [5.41, 5.74) is 3.83. The largest absolute Gasteiger partial charge is 0.481 e. The van der Waals surface area contributed by atoms with Crippen LogP contribution in [0.2, 0.25) is 0 Å². The molecule has 2 amide bonds. The van der Waals surface area contributed by atoms with Gasteiger partial charge in [-0.05, 0) is 47.9 Å². The first-order valence-corrected chi connectivity index (χ1v) is 12.1. The summed E-state index contributed by atoms with van der Waals surface area (Å²) >= 11 is 0. The van der Waals surface area contributed by atoms with Crippen molar-refractivity contribution >= 4 is 18.0 Å². The molecule has 1 atom stereocenters. The van der Waals surface area contributed by atoms with Crippen molar-refractivity contribution in [3.8, 4) is 11.1 Å². The number of hydrogen-bond donors (Lipinski definition) is 3. The number of alkyl carbamates (subject to hydrolysis) is 1. The minimum absolute atomic E-state index is 0.0603. The molecule has 2 aromatic carbocycles. The number of rotatable bonds is 10. The molecule has 0 aromatic heterocycles. The summed E-state index contributed by atoms with van der Waals surface area (Å²) in [7, 11) is 0. The summed E-state index contributed by atoms with van der Waals surface area (Å²) in [4.78, 5) is 37.0. The van der Waals surface area contributed by atoms with Gasteiger partial charge in [-0.15, -0.1) is 0 Å². The van der Waals surface area contributed by atoms with Crippen molar-refractivity contribution in [3.05, 3.63) is 59.7 Å². The Morgan fingerprint density at radius 1 is 1.06 bits per heavy atom. The number of unbranched alkanes of at least 4 members (excludes halogenated alkanes) is 1. The van der Waals surface area contributed by atoms with Crippen LogP contribution in [0.25, 0.3) is 11.1 Å². The van der Waals surface area contributed by atoms with Gasteiger partial charge in [-0.25, -0.2) is 4.79 Å². The van der Waals surface area contributed by atoms with Crippen molar-refractivity contribution in [2.24, 2.45) is 0 Å². The van der Waals surface area contributed by atoms with E-state index in [-0.39, 0.29) is 24.9 Å². The van der Waals surface area contributed by atoms with E-state index in [9.17, 15) is 19.5 Å². The van der Waals surface area contributed by atoms with E-state index in [1.54, 1.807) is 0 Å². The van der Waals surface area contributed by atoms with Gasteiger partial charge in [0.15, 0.2) is 0 Å². The molecule has 0 spiro atoms. The van der Waals surface area contributed by atoms with Crippen molar-refractivity contribution in [1.29, 1.82) is 0 Å². The van der Waals surface area contributed by atoms with E-state index < -0.39 is 23.6 Å². The van der Waals surface area contributed by atoms with E-state index in [4.69, 9.17) is 4.74 Å². The SMILES string of the molecule is CCCCC(NC(=O)OCC1c2ccccc2-c2ccccc21)C(=O)NC1(CC(=O)O)CCC1. The lowest BCUT2D eigenvalue weighted by atomic mass is 9.74. The summed E-state index contributed by atoms with van der Waals surface area (Å²) < 4.78 is 5.61. The Morgan fingerprint density at radius 3 is 2.21 bits per heavy atom. The molecule has 180 valence electrons. The van der Waals surface area contributed by atoms with E-state index >= 15 is 0 Å². The molecule has 2 aliphatic rings. The van der Waals surface area contributed by atoms with Gasteiger partial charge in [-0.3, -0.25) is 9.59 Å². The third kappa shape index (κ3) is 5.08. The number of hydrogen-bond acceptors (Lipinski definition) is 4. The second-order valence-electron chi connectivity index (χ2n) is 9.36. The van der Waals surface area contributed by atoms with Crippen molar-refractivity contribution < 1.29 is 24.2 Å². The van der Waals surface area contributed by atoms with Crippen LogP contribution in [0, 0.1) is 0 Å². The van der Waals surface area contributed by atoms with Crippen LogP contribution < -0.4 is 10.6 Å². The van der Waals surface area contributed by atoms with E-state index in [0.717, 1.165) is 41.5 Å². The average Bonchev–Trinajstić information content (AvgIpc) is 3.12. The smallest absolute Gasteiger partial charge is 0.407 e. The van der Waals surface area contributed by atoms with Gasteiger partial charge in [0.05, 0.1) is 12.0 Å². The molecule has 1 saturated carbocycles. The number of fused-ring (bicyclic) bond motifs is 3. The lowest BCUT2D eigenvalue weighted by molar-refractivity contribution is -0.140. The zero-order chi connectivity index (χ0) is 24.1. The Balaban J connectivity index is 1.40. The number of carboxylic acids is 1. The van der Waals surface area contributed by atoms with Crippen LogP contribution in [0.4, 0.5) is 4.79 Å². The lowest BCUT2D eigenvalue weighted by Crippen LogP contribution is -2.59. The maximum atomic E-state index is 13.0. The van der Waals surface area contributed by atoms with Crippen molar-refractivity contribution in [3.63, 3.8) is 0 Å². The quantitative estimate of drug-likeness (QED) is 0.477. The third-order valence-electron chi connectivity index (χ3n) is 6.99. The third-order valence-corrected chi connectivity index (χ3v) is 6.99. The minimum atomic E-state index is -0.936. The molecule has 2 aromatic rings. The fourth-order valence-corrected chi connectivity index (χ4v) is 5.05. The predicted molar refractivity (Wildman–Crippen MR) is 128 cm³/mol. The van der Waals surface area contributed by atoms with Crippen LogP contribution in [0.15, 0.2) is 48.5 Å². The number of nitrogens with one attached hydrogen (secondary N) is 2. The maximum absolute atomic E-state index is 13.0. The van der Waals surface area contributed by atoms with Crippen LogP contribution >= 0.6 is 0 Å². The van der Waals surface area contributed by atoms with Crippen LogP contribution in [0.5, 0.6) is 0 Å². The monoisotopic (exact) mass is 464 g/mol. The molecule has 7 heteroatoms. The first-order valence-electron chi connectivity index (χ1n) is 12.1. The Labute approximate surface area is 199 Å². The van der Waals surface area contributed by atoms with Gasteiger partial charge in [0.25, 0.3) is 0 Å². The first kappa shape index (κ1) is 23.8. The summed E-state index contributed by atoms with van der Waals surface area (Å²) in [5.74, 6) is -1.34. The number of benzene rings is 2. The van der Waals surface area contributed by atoms with Crippen molar-refractivity contribution in [1.82, 2.24) is 10.6 Å². The summed E-state index contributed by atoms with van der Waals surface area (Å²) in [6, 6.07) is 15.5. The van der Waals surface area contributed by atoms with E-state index in [2.05, 4.69) is 34.9 Å². The number of carboxylic acid groups (broad SMARTS) is 1. The molecule has 3 N–H and O–H groups in total. The van der Waals surface area contributed by atoms with Gasteiger partial charge in [-0.1, -0.05) is 68.3 Å². The molecule has 0 saturated heterocycles. The molecule has 34 heavy (non-hydrogen) atoms. The Bertz CT molecular complexity index is 1020. The Hall–Kier alpha value is -3.35. The fourth-order valence-electron chi connectivity index (χ4n) is 5.05. The van der Waals surface area contributed by atoms with Gasteiger partial charge in [0.2, 0.25) is 5.91 Å². The zero-order valence-electron chi connectivity index (χ0n) is 19.5. The molecule has 1 unspecified atom stereocenters. The van der Waals surface area contributed by atoms with E-state index in [0.29, 0.717) is 19.3 Å². The van der Waals surface area contributed by atoms with Gasteiger partial charge in [0.1, 0.15) is 12.6 Å². The van der Waals surface area contributed by atoms with E-state index in [1.807, 2.05) is 31.2 Å². The molecule has 2 aliphatic carbocycles. The molecular weight excluding hydrogens is 432 g/mol. The van der Waals surface area contributed by atoms with Gasteiger partial charge >= 0.3 is 12.1 Å². The molecule has 0 radical (unpaired) electrons. The molecule has 0 heterocycles. The molecule has 0 bridgehead atoms. The Morgan fingerprint density at radius 2 is 1.68 bits per heavy atom. The molecular formula is C27H32N2O5. The van der Waals surface area contributed by atoms with Crippen LogP contribution in [0.3, 0.4) is 0 Å². The highest BCUT2D eigenvalue weighted by atomic mass is 16.5. The van der Waals surface area contributed by atoms with Crippen LogP contribution in [-0.4, -0.2) is 41.3 Å². The summed E-state index contributed by atoms with van der Waals surface area (Å²) in [5, 5.41) is 14.9. The molecule has 4 rings (SSSR count). The number of carbonyl (C=O) groups is 3. The summed E-state index contributed by atoms with van der Waals surface area (Å²) in [6.07, 6.45) is 3.50. The Kier molecular flexibility index (Phi) is 7.20. The van der Waals surface area contributed by atoms with Crippen molar-refractivity contribution in [2.75, 3.05) is 6.61 Å². The highest BCUT2D eigenvalue weighted by Gasteiger charge is 2.41. The lowest BCUT2D eigenvalue weighted by Gasteiger charge is -2.42. The maximum Gasteiger partial charge on any atom is 0.407 e. The fraction of sp³-hybridized carbons (Fsp3) is 0.444. The minimum Gasteiger partial charge on any atom is -0.481 e. The van der Waals surface area contributed by atoms with Gasteiger partial charge < -0.3 is 20.5 Å². The average molecular weight is 465 g/mol. The van der Waals surface area contributed by atoms with Gasteiger partial charge in [-0.2, -0.15) is 0 Å². The second kappa shape index (κ2) is 10.3. The van der Waals surface area contributed by atoms with Gasteiger partial charge in [0, 0.05) is 5.92 Å². The molecule has 0 aliphatic heterocycles. The topological polar surface area (TPSA) is 105 Å². The van der Waals surface area contributed by atoms with E-state index in [1.165, 1.54) is 0 Å². The normalized spacial score (nSPS) is 16.5. The highest BCUT2D eigenvalue weighted by molar-refractivity contribution is 5.87. The highest BCUT2D eigenvalue weighted by Crippen LogP contribution is 2.44. The number of aliphatic carboxylic acids is 1. The second-order valence-corrected chi connectivity index (χ2v) is 9.36. The standard InChI is InChI=1S/C27H32N2O5/c1-2-3-13-23(25(32)29-27(14-8-15-27)16-24(30)31)28-26(33)34-17-22-20-11-6-4-9-18(20)19-10-5-7-12-21(19)22/h4-7,9-12,22-23H,2-3,8,13-17H2,1H3,(H,28,33)(H,29,32)(H,30,31). The van der Waals surface area contributed by atoms with Crippen LogP contribution in [-0.2, 0) is 14.3 Å². The van der Waals surface area contributed by atoms with Crippen LogP contribution in [0.1, 0.15) is 68.9 Å². The summed E-state index contributed by atoms with van der Waals surface area (Å²) in [6.45, 7) is 2.19.